The third-order valence-corrected chi connectivity index (χ3v) is 23.4. The van der Waals surface area contributed by atoms with Crippen LogP contribution in [0.4, 0.5) is 0 Å². The Bertz CT molecular complexity index is 980. The molecule has 3 heteroatoms. The van der Waals surface area contributed by atoms with Crippen molar-refractivity contribution in [2.75, 3.05) is 0 Å². The molecule has 2 heterocycles. The monoisotopic (exact) mass is 568 g/mol. The van der Waals surface area contributed by atoms with E-state index in [1.54, 1.807) is 16.9 Å². The molecule has 3 aromatic rings. The first-order valence-electron chi connectivity index (χ1n) is 14.1. The van der Waals surface area contributed by atoms with E-state index in [-0.39, 0.29) is 0 Å². The summed E-state index contributed by atoms with van der Waals surface area (Å²) in [6.45, 7) is 11.5. The van der Waals surface area contributed by atoms with Gasteiger partial charge in [0.2, 0.25) is 0 Å². The molecule has 3 rings (SSSR count). The second-order valence-corrected chi connectivity index (χ2v) is 23.7. The fourth-order valence-corrected chi connectivity index (χ4v) is 21.5. The zero-order valence-corrected chi connectivity index (χ0v) is 25.5. The van der Waals surface area contributed by atoms with Gasteiger partial charge in [-0.25, -0.2) is 0 Å². The fourth-order valence-electron chi connectivity index (χ4n) is 5.57. The third-order valence-electron chi connectivity index (χ3n) is 7.77. The van der Waals surface area contributed by atoms with Crippen LogP contribution in [0.5, 0.6) is 0 Å². The van der Waals surface area contributed by atoms with Gasteiger partial charge in [0.1, 0.15) is 0 Å². The Morgan fingerprint density at radius 3 is 1.88 bits per heavy atom. The van der Waals surface area contributed by atoms with E-state index in [0.29, 0.717) is 0 Å². The number of benzene rings is 1. The molecule has 0 aliphatic heterocycles. The standard InChI is InChI=1S/C19H21N2.3C4H9.Sn/c1-3-4-12-18-17(14-16-10-6-5-7-11-16)19-13-8-9-15(2)21(19)20-18;3*1-3-4-2;/h6-11,13H,3-4,12,14H2,1-2H3;3*1,3-4H2,2H3;. The zero-order chi connectivity index (χ0) is 24.4. The first kappa shape index (κ1) is 27.3. The molecule has 1 aromatic carbocycles. The summed E-state index contributed by atoms with van der Waals surface area (Å²) >= 11 is -2.35. The van der Waals surface area contributed by atoms with Gasteiger partial charge in [-0.1, -0.05) is 0 Å². The van der Waals surface area contributed by atoms with Gasteiger partial charge in [-0.05, 0) is 0 Å². The van der Waals surface area contributed by atoms with E-state index in [2.05, 4.69) is 81.6 Å². The molecule has 0 aliphatic carbocycles. The first-order chi connectivity index (χ1) is 16.6. The maximum absolute atomic E-state index is 5.03. The van der Waals surface area contributed by atoms with Gasteiger partial charge in [0.25, 0.3) is 0 Å². The summed E-state index contributed by atoms with van der Waals surface area (Å²) in [7, 11) is 0. The van der Waals surface area contributed by atoms with Crippen LogP contribution < -0.4 is 3.58 Å². The minimum absolute atomic E-state index is 0.994. The molecule has 0 radical (unpaired) electrons. The zero-order valence-electron chi connectivity index (χ0n) is 22.6. The SMILES string of the molecule is CCCCc1nn2c(C)cccc2c1Cc1cc[c]([Sn]([CH2]CCC)([CH2]CCC)[CH2]CCC)cc1. The first-order valence-corrected chi connectivity index (χ1v) is 21.6. The fraction of sp³-hybridized carbons (Fsp3) is 0.581. The van der Waals surface area contributed by atoms with E-state index in [4.69, 9.17) is 5.10 Å². The molecule has 186 valence electrons. The number of hydrogen-bond donors (Lipinski definition) is 0. The molecule has 2 nitrogen and oxygen atoms in total. The molecule has 0 N–H and O–H groups in total. The van der Waals surface area contributed by atoms with E-state index in [0.717, 1.165) is 12.8 Å². The molecule has 0 amide bonds. The van der Waals surface area contributed by atoms with Crippen LogP contribution in [0.1, 0.15) is 102 Å². The summed E-state index contributed by atoms with van der Waals surface area (Å²) in [4.78, 5) is 0. The topological polar surface area (TPSA) is 17.3 Å². The molecule has 0 unspecified atom stereocenters. The Hall–Kier alpha value is -1.29. The van der Waals surface area contributed by atoms with Crippen LogP contribution in [-0.4, -0.2) is 28.0 Å². The average Bonchev–Trinajstić information content (AvgIpc) is 3.21. The van der Waals surface area contributed by atoms with Gasteiger partial charge in [-0.2, -0.15) is 0 Å². The molecule has 0 saturated carbocycles. The number of aryl methyl sites for hydroxylation is 2. The van der Waals surface area contributed by atoms with Gasteiger partial charge in [0.05, 0.1) is 0 Å². The Balaban J connectivity index is 1.92. The molecular formula is C31H48N2Sn. The summed E-state index contributed by atoms with van der Waals surface area (Å²) in [5.74, 6) is 0. The quantitative estimate of drug-likeness (QED) is 0.168. The van der Waals surface area contributed by atoms with Gasteiger partial charge in [0, 0.05) is 0 Å². The van der Waals surface area contributed by atoms with E-state index in [9.17, 15) is 0 Å². The van der Waals surface area contributed by atoms with Gasteiger partial charge >= 0.3 is 214 Å². The van der Waals surface area contributed by atoms with Crippen LogP contribution in [0.2, 0.25) is 13.3 Å². The van der Waals surface area contributed by atoms with Gasteiger partial charge in [-0.3, -0.25) is 0 Å². The summed E-state index contributed by atoms with van der Waals surface area (Å²) in [5.41, 5.74) is 6.68. The van der Waals surface area contributed by atoms with Crippen LogP contribution in [0, 0.1) is 6.92 Å². The molecule has 0 atom stereocenters. The molecule has 0 spiro atoms. The van der Waals surface area contributed by atoms with Crippen LogP contribution in [0.15, 0.2) is 42.5 Å². The number of fused-ring (bicyclic) bond motifs is 1. The van der Waals surface area contributed by atoms with Gasteiger partial charge in [-0.15, -0.1) is 0 Å². The van der Waals surface area contributed by atoms with E-state index in [1.165, 1.54) is 79.4 Å². The summed E-state index contributed by atoms with van der Waals surface area (Å²) in [6, 6.07) is 16.7. The number of pyridine rings is 1. The van der Waals surface area contributed by atoms with Crippen LogP contribution in [0.25, 0.3) is 5.52 Å². The molecule has 0 bridgehead atoms. The van der Waals surface area contributed by atoms with Crippen molar-refractivity contribution >= 4 is 27.5 Å². The van der Waals surface area contributed by atoms with Gasteiger partial charge < -0.3 is 0 Å². The van der Waals surface area contributed by atoms with E-state index in [1.807, 2.05) is 0 Å². The number of aromatic nitrogens is 2. The average molecular weight is 567 g/mol. The van der Waals surface area contributed by atoms with Crippen molar-refractivity contribution in [1.29, 1.82) is 0 Å². The predicted octanol–water partition coefficient (Wildman–Crippen LogP) is 8.63. The van der Waals surface area contributed by atoms with Gasteiger partial charge in [0.15, 0.2) is 0 Å². The molecule has 0 saturated heterocycles. The van der Waals surface area contributed by atoms with Crippen molar-refractivity contribution in [3.63, 3.8) is 0 Å². The Labute approximate surface area is 213 Å². The Kier molecular flexibility index (Phi) is 11.0. The Morgan fingerprint density at radius 1 is 0.735 bits per heavy atom. The van der Waals surface area contributed by atoms with E-state index >= 15 is 0 Å². The van der Waals surface area contributed by atoms with Crippen molar-refractivity contribution < 1.29 is 0 Å². The molecule has 34 heavy (non-hydrogen) atoms. The Morgan fingerprint density at radius 2 is 1.32 bits per heavy atom. The van der Waals surface area contributed by atoms with Crippen molar-refractivity contribution in [2.24, 2.45) is 0 Å². The summed E-state index contributed by atoms with van der Waals surface area (Å²) < 4.78 is 8.57. The van der Waals surface area contributed by atoms with Crippen LogP contribution in [-0.2, 0) is 12.8 Å². The minimum atomic E-state index is -2.35. The van der Waals surface area contributed by atoms with Crippen molar-refractivity contribution in [3.8, 4) is 0 Å². The van der Waals surface area contributed by atoms with Crippen molar-refractivity contribution in [1.82, 2.24) is 9.61 Å². The predicted molar refractivity (Wildman–Crippen MR) is 152 cm³/mol. The number of nitrogens with zero attached hydrogens (tertiary/aromatic N) is 2. The maximum atomic E-state index is 5.03. The second kappa shape index (κ2) is 13.7. The van der Waals surface area contributed by atoms with Crippen molar-refractivity contribution in [2.45, 2.75) is 112 Å². The normalized spacial score (nSPS) is 12.0. The number of rotatable bonds is 15. The molecule has 0 fully saturated rings. The molecule has 2 aromatic heterocycles. The number of hydrogen-bond acceptors (Lipinski definition) is 1. The summed E-state index contributed by atoms with van der Waals surface area (Å²) in [5, 5.41) is 5.03. The van der Waals surface area contributed by atoms with Crippen LogP contribution in [0.3, 0.4) is 0 Å². The number of unbranched alkanes of at least 4 members (excludes halogenated alkanes) is 4. The summed E-state index contributed by atoms with van der Waals surface area (Å²) in [6.07, 6.45) is 12.8. The molecular weight excluding hydrogens is 519 g/mol. The van der Waals surface area contributed by atoms with Crippen molar-refractivity contribution in [3.05, 3.63) is 65.0 Å². The molecule has 0 aliphatic rings. The second-order valence-electron chi connectivity index (χ2n) is 10.5. The third kappa shape index (κ3) is 6.68. The van der Waals surface area contributed by atoms with E-state index < -0.39 is 18.4 Å². The van der Waals surface area contributed by atoms with Crippen LogP contribution >= 0.6 is 0 Å².